The zero-order chi connectivity index (χ0) is 20.0. The van der Waals surface area contributed by atoms with Crippen LogP contribution in [-0.2, 0) is 16.0 Å². The molecule has 144 valence electrons. The fourth-order valence-corrected chi connectivity index (χ4v) is 3.89. The van der Waals surface area contributed by atoms with Crippen molar-refractivity contribution in [1.29, 1.82) is 5.26 Å². The van der Waals surface area contributed by atoms with Crippen molar-refractivity contribution in [2.75, 3.05) is 5.32 Å². The third kappa shape index (κ3) is 4.08. The number of fused-ring (bicyclic) bond motifs is 1. The average Bonchev–Trinajstić information content (AvgIpc) is 3.09. The Hall–Kier alpha value is -2.14. The van der Waals surface area contributed by atoms with E-state index in [1.807, 2.05) is 20.8 Å². The normalized spacial score (nSPS) is 26.1. The Labute approximate surface area is 167 Å². The first kappa shape index (κ1) is 19.6. The Morgan fingerprint density at radius 1 is 1.44 bits per heavy atom. The Balaban J connectivity index is 1.81. The van der Waals surface area contributed by atoms with Crippen LogP contribution >= 0.6 is 15.9 Å². The fraction of sp³-hybridized carbons (Fsp3) is 0.579. The van der Waals surface area contributed by atoms with Crippen LogP contribution in [0.5, 0.6) is 0 Å². The van der Waals surface area contributed by atoms with Crippen molar-refractivity contribution in [1.82, 2.24) is 9.88 Å². The molecule has 1 aromatic rings. The number of carbonyl (C=O) groups is 2. The number of aromatic nitrogens is 1. The predicted molar refractivity (Wildman–Crippen MR) is 103 cm³/mol. The zero-order valence-electron chi connectivity index (χ0n) is 15.9. The molecule has 3 rings (SSSR count). The molecular formula is C19H23BrN4O3. The van der Waals surface area contributed by atoms with E-state index in [1.54, 1.807) is 17.0 Å². The van der Waals surface area contributed by atoms with Crippen LogP contribution < -0.4 is 5.32 Å². The average molecular weight is 435 g/mol. The molecule has 1 N–H and O–H groups in total. The van der Waals surface area contributed by atoms with Gasteiger partial charge in [0, 0.05) is 11.6 Å². The smallest absolute Gasteiger partial charge is 0.411 e. The number of hydrogen-bond acceptors (Lipinski definition) is 5. The van der Waals surface area contributed by atoms with Crippen LogP contribution in [-0.4, -0.2) is 39.6 Å². The molecule has 7 nitrogen and oxygen atoms in total. The highest BCUT2D eigenvalue weighted by Gasteiger charge is 2.65. The van der Waals surface area contributed by atoms with Crippen LogP contribution in [0.4, 0.5) is 10.6 Å². The van der Waals surface area contributed by atoms with Crippen LogP contribution in [0.15, 0.2) is 16.7 Å². The van der Waals surface area contributed by atoms with E-state index in [-0.39, 0.29) is 23.8 Å². The summed E-state index contributed by atoms with van der Waals surface area (Å²) in [5.41, 5.74) is -0.0380. The Morgan fingerprint density at radius 3 is 2.78 bits per heavy atom. The lowest BCUT2D eigenvalue weighted by atomic mass is 10.0. The van der Waals surface area contributed by atoms with Crippen LogP contribution in [0.3, 0.4) is 0 Å². The van der Waals surface area contributed by atoms with E-state index in [4.69, 9.17) is 10.00 Å². The largest absolute Gasteiger partial charge is 0.444 e. The molecule has 8 heteroatoms. The number of nitrogens with zero attached hydrogens (tertiary/aromatic N) is 3. The van der Waals surface area contributed by atoms with E-state index in [9.17, 15) is 9.59 Å². The fourth-order valence-electron chi connectivity index (χ4n) is 3.58. The second kappa shape index (κ2) is 6.79. The summed E-state index contributed by atoms with van der Waals surface area (Å²) in [5.74, 6) is 0.0323. The number of pyridine rings is 1. The maximum Gasteiger partial charge on any atom is 0.411 e. The molecule has 0 bridgehead atoms. The van der Waals surface area contributed by atoms with Crippen LogP contribution in [0, 0.1) is 16.7 Å². The summed E-state index contributed by atoms with van der Waals surface area (Å²) in [7, 11) is 0. The van der Waals surface area contributed by atoms with Crippen molar-refractivity contribution in [3.8, 4) is 6.07 Å². The second-order valence-corrected chi connectivity index (χ2v) is 9.26. The lowest BCUT2D eigenvalue weighted by molar-refractivity contribution is -0.121. The van der Waals surface area contributed by atoms with Crippen molar-refractivity contribution in [3.63, 3.8) is 0 Å². The lowest BCUT2D eigenvalue weighted by Crippen LogP contribution is -2.47. The van der Waals surface area contributed by atoms with Crippen molar-refractivity contribution in [3.05, 3.63) is 22.3 Å². The summed E-state index contributed by atoms with van der Waals surface area (Å²) in [6.07, 6.45) is 1.14. The maximum absolute atomic E-state index is 13.0. The SMILES string of the molecule is CC(C)(C)OC(=O)N1[C@H](C(=O)Nc2nc(Br)ccc2CC#N)C[C@@]2(C)C[C@@H]12. The van der Waals surface area contributed by atoms with Crippen LogP contribution in [0.1, 0.15) is 46.1 Å². The molecule has 1 saturated heterocycles. The van der Waals surface area contributed by atoms with E-state index in [0.29, 0.717) is 22.4 Å². The first-order valence-electron chi connectivity index (χ1n) is 8.89. The molecule has 0 spiro atoms. The molecule has 0 radical (unpaired) electrons. The summed E-state index contributed by atoms with van der Waals surface area (Å²) in [6.45, 7) is 7.51. The van der Waals surface area contributed by atoms with E-state index >= 15 is 0 Å². The monoisotopic (exact) mass is 434 g/mol. The maximum atomic E-state index is 13.0. The minimum Gasteiger partial charge on any atom is -0.444 e. The van der Waals surface area contributed by atoms with E-state index in [1.165, 1.54) is 0 Å². The highest BCUT2D eigenvalue weighted by Crippen LogP contribution is 2.59. The molecule has 0 unspecified atom stereocenters. The van der Waals surface area contributed by atoms with Gasteiger partial charge in [-0.05, 0) is 61.0 Å². The number of anilines is 1. The Bertz CT molecular complexity index is 829. The molecule has 1 aliphatic carbocycles. The zero-order valence-corrected chi connectivity index (χ0v) is 17.5. The Morgan fingerprint density at radius 2 is 2.15 bits per heavy atom. The van der Waals surface area contributed by atoms with Gasteiger partial charge in [0.2, 0.25) is 5.91 Å². The van der Waals surface area contributed by atoms with Crippen molar-refractivity contribution in [2.24, 2.45) is 5.41 Å². The summed E-state index contributed by atoms with van der Waals surface area (Å²) < 4.78 is 6.08. The number of amides is 2. The number of rotatable bonds is 3. The molecule has 3 atom stereocenters. The second-order valence-electron chi connectivity index (χ2n) is 8.45. The molecule has 27 heavy (non-hydrogen) atoms. The molecule has 2 fully saturated rings. The lowest BCUT2D eigenvalue weighted by Gasteiger charge is -2.29. The number of piperidine rings is 1. The minimum absolute atomic E-state index is 0.0251. The predicted octanol–water partition coefficient (Wildman–Crippen LogP) is 3.64. The first-order chi connectivity index (χ1) is 12.5. The van der Waals surface area contributed by atoms with Crippen LogP contribution in [0.25, 0.3) is 0 Å². The molecule has 1 aromatic heterocycles. The van der Waals surface area contributed by atoms with Gasteiger partial charge in [0.15, 0.2) is 0 Å². The van der Waals surface area contributed by atoms with Gasteiger partial charge >= 0.3 is 6.09 Å². The standard InChI is InChI=1S/C19H23BrN4O3/c1-18(2,3)27-17(26)24-12(9-19(4)10-13(19)24)16(25)23-15-11(7-8-21)5-6-14(20)22-15/h5-6,12-13H,7,9-10H2,1-4H3,(H,22,23,25)/t12-,13+,19-/m0/s1. The van der Waals surface area contributed by atoms with Gasteiger partial charge in [0.25, 0.3) is 0 Å². The number of ether oxygens (including phenoxy) is 1. The highest BCUT2D eigenvalue weighted by atomic mass is 79.9. The van der Waals surface area contributed by atoms with E-state index < -0.39 is 17.7 Å². The van der Waals surface area contributed by atoms with Gasteiger partial charge in [-0.2, -0.15) is 5.26 Å². The highest BCUT2D eigenvalue weighted by molar-refractivity contribution is 9.10. The van der Waals surface area contributed by atoms with Crippen molar-refractivity contribution >= 4 is 33.7 Å². The Kier molecular flexibility index (Phi) is 4.93. The topological polar surface area (TPSA) is 95.3 Å². The van der Waals surface area contributed by atoms with Gasteiger partial charge in [-0.25, -0.2) is 9.78 Å². The van der Waals surface area contributed by atoms with E-state index in [0.717, 1.165) is 6.42 Å². The molecule has 2 aliphatic rings. The van der Waals surface area contributed by atoms with Crippen molar-refractivity contribution < 1.29 is 14.3 Å². The van der Waals surface area contributed by atoms with E-state index in [2.05, 4.69) is 39.2 Å². The number of hydrogen-bond donors (Lipinski definition) is 1. The first-order valence-corrected chi connectivity index (χ1v) is 9.68. The van der Waals surface area contributed by atoms with Gasteiger partial charge in [-0.15, -0.1) is 0 Å². The minimum atomic E-state index is -0.627. The summed E-state index contributed by atoms with van der Waals surface area (Å²) in [4.78, 5) is 31.5. The molecule has 1 aliphatic heterocycles. The molecule has 1 saturated carbocycles. The molecular weight excluding hydrogens is 412 g/mol. The molecule has 2 heterocycles. The number of carbonyl (C=O) groups excluding carboxylic acids is 2. The molecule has 0 aromatic carbocycles. The summed E-state index contributed by atoms with van der Waals surface area (Å²) >= 11 is 3.28. The van der Waals surface area contributed by atoms with Crippen LogP contribution in [0.2, 0.25) is 0 Å². The summed E-state index contributed by atoms with van der Waals surface area (Å²) in [5, 5.41) is 11.8. The van der Waals surface area contributed by atoms with Gasteiger partial charge in [-0.1, -0.05) is 13.0 Å². The number of likely N-dealkylation sites (tertiary alicyclic amines) is 1. The number of nitriles is 1. The quantitative estimate of drug-likeness (QED) is 0.732. The third-order valence-electron chi connectivity index (χ3n) is 5.00. The number of halogens is 1. The third-order valence-corrected chi connectivity index (χ3v) is 5.44. The van der Waals surface area contributed by atoms with Gasteiger partial charge in [-0.3, -0.25) is 9.69 Å². The molecule has 2 amide bonds. The van der Waals surface area contributed by atoms with Gasteiger partial charge in [0.05, 0.1) is 12.5 Å². The summed E-state index contributed by atoms with van der Waals surface area (Å²) in [6, 6.07) is 4.95. The van der Waals surface area contributed by atoms with Gasteiger partial charge < -0.3 is 10.1 Å². The number of nitrogens with one attached hydrogen (secondary N) is 1. The van der Waals surface area contributed by atoms with Crippen molar-refractivity contribution in [2.45, 2.75) is 64.6 Å². The van der Waals surface area contributed by atoms with Gasteiger partial charge in [0.1, 0.15) is 22.1 Å².